The lowest BCUT2D eigenvalue weighted by molar-refractivity contribution is -0.122. The maximum atomic E-state index is 12.1. The van der Waals surface area contributed by atoms with Gasteiger partial charge in [-0.15, -0.1) is 0 Å². The van der Waals surface area contributed by atoms with Crippen LogP contribution in [0.2, 0.25) is 0 Å². The van der Waals surface area contributed by atoms with E-state index in [2.05, 4.69) is 31.1 Å². The number of rotatable bonds is 5. The third-order valence-corrected chi connectivity index (χ3v) is 3.55. The van der Waals surface area contributed by atoms with Gasteiger partial charge in [-0.25, -0.2) is 15.8 Å². The summed E-state index contributed by atoms with van der Waals surface area (Å²) in [5, 5.41) is 2.93. The number of nitrogens with one attached hydrogen (secondary N) is 4. The Morgan fingerprint density at radius 3 is 3.05 bits per heavy atom. The molecule has 0 radical (unpaired) electrons. The number of aromatic nitrogens is 3. The standard InChI is InChI=1S/C14H18N6O/c21-14(17-5-3-11-8-16-9-18-11)13-6-12(19-20-13)10-2-1-4-15-7-10/h1-2,4,7-9,12-13,19-20H,3,5-6H2,(H,16,18)(H,17,21). The van der Waals surface area contributed by atoms with Crippen LogP contribution in [-0.2, 0) is 11.2 Å². The highest BCUT2D eigenvalue weighted by Gasteiger charge is 2.29. The van der Waals surface area contributed by atoms with Crippen molar-refractivity contribution in [3.63, 3.8) is 0 Å². The molecule has 1 fully saturated rings. The molecule has 7 heteroatoms. The van der Waals surface area contributed by atoms with E-state index in [0.717, 1.165) is 17.7 Å². The fourth-order valence-corrected chi connectivity index (χ4v) is 2.39. The number of amides is 1. The van der Waals surface area contributed by atoms with Crippen molar-refractivity contribution in [3.05, 3.63) is 48.3 Å². The Bertz CT molecular complexity index is 570. The van der Waals surface area contributed by atoms with Crippen molar-refractivity contribution < 1.29 is 4.79 Å². The van der Waals surface area contributed by atoms with Gasteiger partial charge in [-0.05, 0) is 18.1 Å². The number of H-pyrrole nitrogens is 1. The highest BCUT2D eigenvalue weighted by molar-refractivity contribution is 5.82. The molecule has 2 aromatic heterocycles. The predicted molar refractivity (Wildman–Crippen MR) is 77.0 cm³/mol. The zero-order valence-corrected chi connectivity index (χ0v) is 11.5. The second-order valence-electron chi connectivity index (χ2n) is 5.03. The van der Waals surface area contributed by atoms with Gasteiger partial charge in [0.1, 0.15) is 6.04 Å². The second kappa shape index (κ2) is 6.47. The highest BCUT2D eigenvalue weighted by atomic mass is 16.2. The van der Waals surface area contributed by atoms with E-state index in [1.54, 1.807) is 18.7 Å². The number of pyridine rings is 1. The van der Waals surface area contributed by atoms with Gasteiger partial charge in [-0.1, -0.05) is 6.07 Å². The summed E-state index contributed by atoms with van der Waals surface area (Å²) in [6.07, 6.45) is 8.42. The smallest absolute Gasteiger partial charge is 0.238 e. The molecule has 2 unspecified atom stereocenters. The molecule has 1 aliphatic rings. The molecule has 0 aromatic carbocycles. The molecule has 0 spiro atoms. The van der Waals surface area contributed by atoms with E-state index in [4.69, 9.17) is 0 Å². The van der Waals surface area contributed by atoms with Gasteiger partial charge >= 0.3 is 0 Å². The quantitative estimate of drug-likeness (QED) is 0.624. The normalized spacial score (nSPS) is 21.3. The summed E-state index contributed by atoms with van der Waals surface area (Å²) >= 11 is 0. The molecule has 2 aromatic rings. The van der Waals surface area contributed by atoms with Crippen LogP contribution in [0.5, 0.6) is 0 Å². The van der Waals surface area contributed by atoms with Crippen molar-refractivity contribution in [3.8, 4) is 0 Å². The fourth-order valence-electron chi connectivity index (χ4n) is 2.39. The van der Waals surface area contributed by atoms with Crippen LogP contribution < -0.4 is 16.2 Å². The maximum absolute atomic E-state index is 12.1. The first-order valence-electron chi connectivity index (χ1n) is 6.99. The number of imidazole rings is 1. The molecule has 2 atom stereocenters. The summed E-state index contributed by atoms with van der Waals surface area (Å²) in [7, 11) is 0. The Morgan fingerprint density at radius 2 is 2.29 bits per heavy atom. The number of hydrogen-bond donors (Lipinski definition) is 4. The van der Waals surface area contributed by atoms with Crippen LogP contribution in [0.4, 0.5) is 0 Å². The summed E-state index contributed by atoms with van der Waals surface area (Å²) in [5.74, 6) is 0.00778. The number of carbonyl (C=O) groups is 1. The molecule has 0 aliphatic carbocycles. The van der Waals surface area contributed by atoms with Gasteiger partial charge in [-0.3, -0.25) is 9.78 Å². The van der Waals surface area contributed by atoms with E-state index in [1.807, 2.05) is 18.3 Å². The lowest BCUT2D eigenvalue weighted by Crippen LogP contribution is -2.43. The lowest BCUT2D eigenvalue weighted by Gasteiger charge is -2.10. The molecule has 1 aliphatic heterocycles. The van der Waals surface area contributed by atoms with Gasteiger partial charge in [-0.2, -0.15) is 0 Å². The first-order chi connectivity index (χ1) is 10.3. The maximum Gasteiger partial charge on any atom is 0.238 e. The Morgan fingerprint density at radius 1 is 1.33 bits per heavy atom. The van der Waals surface area contributed by atoms with Crippen LogP contribution in [0.25, 0.3) is 0 Å². The Hall–Kier alpha value is -2.25. The molecule has 7 nitrogen and oxygen atoms in total. The third kappa shape index (κ3) is 3.45. The number of carbonyl (C=O) groups excluding carboxylic acids is 1. The van der Waals surface area contributed by atoms with E-state index in [-0.39, 0.29) is 18.0 Å². The van der Waals surface area contributed by atoms with Crippen LogP contribution in [0.3, 0.4) is 0 Å². The fraction of sp³-hybridized carbons (Fsp3) is 0.357. The largest absolute Gasteiger partial charge is 0.354 e. The Balaban J connectivity index is 1.46. The summed E-state index contributed by atoms with van der Waals surface area (Å²) in [4.78, 5) is 23.2. The van der Waals surface area contributed by atoms with E-state index >= 15 is 0 Å². The SMILES string of the molecule is O=C(NCCc1cnc[nH]1)C1CC(c2cccnc2)NN1. The van der Waals surface area contributed by atoms with Crippen molar-refractivity contribution in [1.29, 1.82) is 0 Å². The van der Waals surface area contributed by atoms with Gasteiger partial charge in [0, 0.05) is 43.3 Å². The minimum atomic E-state index is -0.225. The monoisotopic (exact) mass is 286 g/mol. The molecular weight excluding hydrogens is 268 g/mol. The number of nitrogens with zero attached hydrogens (tertiary/aromatic N) is 2. The van der Waals surface area contributed by atoms with Crippen LogP contribution in [0, 0.1) is 0 Å². The van der Waals surface area contributed by atoms with Gasteiger partial charge in [0.25, 0.3) is 0 Å². The van der Waals surface area contributed by atoms with Crippen LogP contribution in [0.15, 0.2) is 37.1 Å². The molecule has 0 saturated carbocycles. The van der Waals surface area contributed by atoms with Gasteiger partial charge in [0.15, 0.2) is 0 Å². The minimum Gasteiger partial charge on any atom is -0.354 e. The second-order valence-corrected chi connectivity index (χ2v) is 5.03. The Kier molecular flexibility index (Phi) is 4.23. The summed E-state index contributed by atoms with van der Waals surface area (Å²) in [5.41, 5.74) is 8.28. The predicted octanol–water partition coefficient (Wildman–Crippen LogP) is 0.0712. The molecule has 4 N–H and O–H groups in total. The topological polar surface area (TPSA) is 94.7 Å². The molecule has 1 saturated heterocycles. The van der Waals surface area contributed by atoms with E-state index in [9.17, 15) is 4.79 Å². The van der Waals surface area contributed by atoms with Crippen molar-refractivity contribution >= 4 is 5.91 Å². The van der Waals surface area contributed by atoms with Gasteiger partial charge in [0.2, 0.25) is 5.91 Å². The van der Waals surface area contributed by atoms with E-state index < -0.39 is 0 Å². The van der Waals surface area contributed by atoms with Gasteiger partial charge < -0.3 is 10.3 Å². The van der Waals surface area contributed by atoms with Crippen LogP contribution in [0.1, 0.15) is 23.7 Å². The molecule has 1 amide bonds. The van der Waals surface area contributed by atoms with Crippen LogP contribution in [-0.4, -0.2) is 33.4 Å². The third-order valence-electron chi connectivity index (χ3n) is 3.55. The average Bonchev–Trinajstić information content (AvgIpc) is 3.20. The van der Waals surface area contributed by atoms with Crippen molar-refractivity contribution in [2.75, 3.05) is 6.54 Å². The zero-order valence-electron chi connectivity index (χ0n) is 11.5. The lowest BCUT2D eigenvalue weighted by atomic mass is 10.0. The summed E-state index contributed by atoms with van der Waals surface area (Å²) < 4.78 is 0. The number of hydrogen-bond acceptors (Lipinski definition) is 5. The average molecular weight is 286 g/mol. The number of aromatic amines is 1. The molecule has 3 rings (SSSR count). The highest BCUT2D eigenvalue weighted by Crippen LogP contribution is 2.21. The summed E-state index contributed by atoms with van der Waals surface area (Å²) in [6, 6.07) is 3.79. The number of hydrazine groups is 1. The van der Waals surface area contributed by atoms with E-state index in [0.29, 0.717) is 13.0 Å². The zero-order chi connectivity index (χ0) is 14.5. The molecule has 0 bridgehead atoms. The molecule has 110 valence electrons. The molecule has 3 heterocycles. The summed E-state index contributed by atoms with van der Waals surface area (Å²) in [6.45, 7) is 0.594. The van der Waals surface area contributed by atoms with Crippen LogP contribution >= 0.6 is 0 Å². The molecule has 21 heavy (non-hydrogen) atoms. The van der Waals surface area contributed by atoms with Crippen molar-refractivity contribution in [2.24, 2.45) is 0 Å². The minimum absolute atomic E-state index is 0.00778. The van der Waals surface area contributed by atoms with Crippen molar-refractivity contribution in [1.82, 2.24) is 31.1 Å². The van der Waals surface area contributed by atoms with Gasteiger partial charge in [0.05, 0.1) is 6.33 Å². The molecular formula is C14H18N6O. The first-order valence-corrected chi connectivity index (χ1v) is 6.99. The first kappa shape index (κ1) is 13.7. The Labute approximate surface area is 122 Å². The van der Waals surface area contributed by atoms with E-state index in [1.165, 1.54) is 0 Å². The van der Waals surface area contributed by atoms with Crippen molar-refractivity contribution in [2.45, 2.75) is 24.9 Å².